The van der Waals surface area contributed by atoms with Crippen LogP contribution < -0.4 is 0 Å². The Hall–Kier alpha value is -2.47. The number of aryl methyl sites for hydroxylation is 1. The van der Waals surface area contributed by atoms with Crippen molar-refractivity contribution in [2.75, 3.05) is 19.3 Å². The van der Waals surface area contributed by atoms with Crippen molar-refractivity contribution in [3.8, 4) is 0 Å². The minimum atomic E-state index is -3.36. The molecule has 0 saturated carbocycles. The molecule has 27 heavy (non-hydrogen) atoms. The smallest absolute Gasteiger partial charge is 0.253 e. The second-order valence-corrected chi connectivity index (χ2v) is 9.11. The molecular weight excluding hydrogens is 362 g/mol. The third-order valence-electron chi connectivity index (χ3n) is 5.00. The highest BCUT2D eigenvalue weighted by Gasteiger charge is 2.28. The Morgan fingerprint density at radius 2 is 1.59 bits per heavy atom. The largest absolute Gasteiger partial charge is 0.339 e. The first-order chi connectivity index (χ1) is 12.8. The quantitative estimate of drug-likeness (QED) is 0.758. The van der Waals surface area contributed by atoms with E-state index in [4.69, 9.17) is 0 Å². The Bertz CT molecular complexity index is 956. The number of amides is 1. The molecule has 2 aromatic rings. The Kier molecular flexibility index (Phi) is 5.46. The molecule has 0 atom stereocenters. The highest BCUT2D eigenvalue weighted by molar-refractivity contribution is 7.90. The molecule has 0 aromatic heterocycles. The second kappa shape index (κ2) is 7.64. The fourth-order valence-electron chi connectivity index (χ4n) is 3.34. The van der Waals surface area contributed by atoms with Crippen LogP contribution in [0, 0.1) is 12.8 Å². The van der Waals surface area contributed by atoms with Gasteiger partial charge in [0.2, 0.25) is 0 Å². The summed E-state index contributed by atoms with van der Waals surface area (Å²) in [4.78, 5) is 27.2. The molecule has 0 bridgehead atoms. The molecule has 1 saturated heterocycles. The zero-order valence-electron chi connectivity index (χ0n) is 15.5. The van der Waals surface area contributed by atoms with E-state index in [0.29, 0.717) is 37.1 Å². The minimum Gasteiger partial charge on any atom is -0.339 e. The maximum absolute atomic E-state index is 12.7. The average Bonchev–Trinajstić information content (AvgIpc) is 2.67. The summed E-state index contributed by atoms with van der Waals surface area (Å²) in [5.41, 5.74) is 2.19. The lowest BCUT2D eigenvalue weighted by atomic mass is 9.88. The van der Waals surface area contributed by atoms with E-state index >= 15 is 0 Å². The minimum absolute atomic E-state index is 0.0842. The monoisotopic (exact) mass is 385 g/mol. The van der Waals surface area contributed by atoms with Crippen molar-refractivity contribution >= 4 is 21.5 Å². The van der Waals surface area contributed by atoms with Gasteiger partial charge in [-0.2, -0.15) is 0 Å². The summed E-state index contributed by atoms with van der Waals surface area (Å²) in [6, 6.07) is 13.7. The van der Waals surface area contributed by atoms with Crippen molar-refractivity contribution in [3.05, 3.63) is 65.2 Å². The average molecular weight is 385 g/mol. The molecule has 0 aliphatic carbocycles. The molecule has 1 aliphatic rings. The molecular formula is C21H23NO4S. The summed E-state index contributed by atoms with van der Waals surface area (Å²) in [6.45, 7) is 2.96. The molecule has 0 spiro atoms. The van der Waals surface area contributed by atoms with Gasteiger partial charge in [0.1, 0.15) is 0 Å². The number of Topliss-reactive ketones (excluding diaryl/α,β-unsaturated/α-hetero) is 1. The molecule has 0 radical (unpaired) electrons. The van der Waals surface area contributed by atoms with Crippen LogP contribution in [0.15, 0.2) is 53.4 Å². The van der Waals surface area contributed by atoms with Crippen molar-refractivity contribution < 1.29 is 18.0 Å². The summed E-state index contributed by atoms with van der Waals surface area (Å²) >= 11 is 0. The summed E-state index contributed by atoms with van der Waals surface area (Å²) in [5.74, 6) is -0.151. The lowest BCUT2D eigenvalue weighted by Crippen LogP contribution is -2.40. The van der Waals surface area contributed by atoms with Gasteiger partial charge in [0.25, 0.3) is 5.91 Å². The van der Waals surface area contributed by atoms with Crippen molar-refractivity contribution in [2.24, 2.45) is 5.92 Å². The second-order valence-electron chi connectivity index (χ2n) is 7.10. The van der Waals surface area contributed by atoms with Gasteiger partial charge in [-0.1, -0.05) is 35.9 Å². The number of piperidine rings is 1. The van der Waals surface area contributed by atoms with Crippen LogP contribution in [0.3, 0.4) is 0 Å². The predicted molar refractivity (Wildman–Crippen MR) is 104 cm³/mol. The number of sulfone groups is 1. The van der Waals surface area contributed by atoms with Gasteiger partial charge in [0.15, 0.2) is 15.6 Å². The molecule has 1 heterocycles. The van der Waals surface area contributed by atoms with Crippen molar-refractivity contribution in [3.63, 3.8) is 0 Å². The van der Waals surface area contributed by atoms with Crippen LogP contribution in [0.25, 0.3) is 0 Å². The van der Waals surface area contributed by atoms with Gasteiger partial charge >= 0.3 is 0 Å². The van der Waals surface area contributed by atoms with E-state index in [0.717, 1.165) is 11.8 Å². The van der Waals surface area contributed by atoms with Crippen LogP contribution in [0.4, 0.5) is 0 Å². The zero-order chi connectivity index (χ0) is 19.6. The third-order valence-corrected chi connectivity index (χ3v) is 6.11. The Balaban J connectivity index is 1.66. The number of nitrogens with zero attached hydrogens (tertiary/aromatic N) is 1. The molecule has 142 valence electrons. The molecule has 0 N–H and O–H groups in total. The van der Waals surface area contributed by atoms with Crippen molar-refractivity contribution in [1.82, 2.24) is 4.90 Å². The van der Waals surface area contributed by atoms with Crippen LogP contribution in [0.5, 0.6) is 0 Å². The first-order valence-electron chi connectivity index (χ1n) is 8.96. The molecule has 1 fully saturated rings. The molecule has 1 aliphatic heterocycles. The Labute approximate surface area is 159 Å². The van der Waals surface area contributed by atoms with Crippen LogP contribution >= 0.6 is 0 Å². The van der Waals surface area contributed by atoms with Gasteiger partial charge in [-0.15, -0.1) is 0 Å². The van der Waals surface area contributed by atoms with E-state index in [2.05, 4.69) is 0 Å². The first-order valence-corrected chi connectivity index (χ1v) is 10.8. The highest BCUT2D eigenvalue weighted by Crippen LogP contribution is 2.24. The maximum atomic E-state index is 12.7. The van der Waals surface area contributed by atoms with E-state index in [1.54, 1.807) is 17.0 Å². The van der Waals surface area contributed by atoms with Gasteiger partial charge in [-0.3, -0.25) is 9.59 Å². The number of hydrogen-bond donors (Lipinski definition) is 0. The number of ketones is 1. The molecule has 0 unspecified atom stereocenters. The van der Waals surface area contributed by atoms with Crippen molar-refractivity contribution in [2.45, 2.75) is 24.7 Å². The van der Waals surface area contributed by atoms with E-state index in [-0.39, 0.29) is 22.5 Å². The van der Waals surface area contributed by atoms with Gasteiger partial charge in [-0.05, 0) is 38.0 Å². The Morgan fingerprint density at radius 3 is 2.19 bits per heavy atom. The third kappa shape index (κ3) is 4.45. The fourth-order valence-corrected chi connectivity index (χ4v) is 4.01. The standard InChI is InChI=1S/C21H23NO4S/c1-15-6-8-16(9-7-15)20(23)17-10-12-22(13-11-17)21(24)18-4-3-5-19(14-18)27(2,25)26/h3-9,14,17H,10-13H2,1-2H3. The summed E-state index contributed by atoms with van der Waals surface area (Å²) < 4.78 is 23.4. The molecule has 5 nitrogen and oxygen atoms in total. The van der Waals surface area contributed by atoms with Gasteiger partial charge in [0.05, 0.1) is 4.90 Å². The van der Waals surface area contributed by atoms with Crippen LogP contribution in [-0.4, -0.2) is 44.4 Å². The first kappa shape index (κ1) is 19.3. The normalized spacial score (nSPS) is 15.6. The van der Waals surface area contributed by atoms with E-state index < -0.39 is 9.84 Å². The molecule has 3 rings (SSSR count). The maximum Gasteiger partial charge on any atom is 0.253 e. The summed E-state index contributed by atoms with van der Waals surface area (Å²) in [6.07, 6.45) is 2.35. The van der Waals surface area contributed by atoms with Gasteiger partial charge in [-0.25, -0.2) is 8.42 Å². The molecule has 1 amide bonds. The SMILES string of the molecule is Cc1ccc(C(=O)C2CCN(C(=O)c3cccc(S(C)(=O)=O)c3)CC2)cc1. The highest BCUT2D eigenvalue weighted by atomic mass is 32.2. The van der Waals surface area contributed by atoms with Gasteiger partial charge in [0, 0.05) is 36.4 Å². The number of carbonyl (C=O) groups excluding carboxylic acids is 2. The van der Waals surface area contributed by atoms with Gasteiger partial charge < -0.3 is 4.90 Å². The van der Waals surface area contributed by atoms with E-state index in [1.165, 1.54) is 12.1 Å². The Morgan fingerprint density at radius 1 is 0.963 bits per heavy atom. The summed E-state index contributed by atoms with van der Waals surface area (Å²) in [5, 5.41) is 0. The molecule has 2 aromatic carbocycles. The lowest BCUT2D eigenvalue weighted by molar-refractivity contribution is 0.0650. The van der Waals surface area contributed by atoms with Crippen LogP contribution in [-0.2, 0) is 9.84 Å². The molecule has 6 heteroatoms. The predicted octanol–water partition coefficient (Wildman–Crippen LogP) is 3.13. The zero-order valence-corrected chi connectivity index (χ0v) is 16.3. The van der Waals surface area contributed by atoms with Crippen molar-refractivity contribution in [1.29, 1.82) is 0 Å². The number of likely N-dealkylation sites (tertiary alicyclic amines) is 1. The number of carbonyl (C=O) groups is 2. The lowest BCUT2D eigenvalue weighted by Gasteiger charge is -2.31. The van der Waals surface area contributed by atoms with E-state index in [1.807, 2.05) is 31.2 Å². The van der Waals surface area contributed by atoms with E-state index in [9.17, 15) is 18.0 Å². The number of benzene rings is 2. The number of rotatable bonds is 4. The van der Waals surface area contributed by atoms with Crippen LogP contribution in [0.2, 0.25) is 0 Å². The summed E-state index contributed by atoms with van der Waals surface area (Å²) in [7, 11) is -3.36. The topological polar surface area (TPSA) is 71.5 Å². The van der Waals surface area contributed by atoms with Crippen LogP contribution in [0.1, 0.15) is 39.1 Å². The number of hydrogen-bond acceptors (Lipinski definition) is 4. The fraction of sp³-hybridized carbons (Fsp3) is 0.333.